The average Bonchev–Trinajstić information content (AvgIpc) is 3.14. The summed E-state index contributed by atoms with van der Waals surface area (Å²) in [6, 6.07) is 21.7. The van der Waals surface area contributed by atoms with E-state index in [1.165, 1.54) is 0 Å². The molecule has 1 atom stereocenters. The molecule has 1 unspecified atom stereocenters. The Labute approximate surface area is 208 Å². The zero-order valence-electron chi connectivity index (χ0n) is 19.5. The van der Waals surface area contributed by atoms with Gasteiger partial charge in [-0.25, -0.2) is 0 Å². The van der Waals surface area contributed by atoms with E-state index in [0.29, 0.717) is 47.0 Å². The summed E-state index contributed by atoms with van der Waals surface area (Å²) in [6.07, 6.45) is 0. The van der Waals surface area contributed by atoms with Crippen LogP contribution in [-0.2, 0) is 6.61 Å². The number of hydrogen-bond donors (Lipinski definition) is 0. The fraction of sp³-hybridized carbons (Fsp3) is 0.214. The fourth-order valence-electron chi connectivity index (χ4n) is 4.39. The van der Waals surface area contributed by atoms with Crippen LogP contribution >= 0.6 is 11.6 Å². The first kappa shape index (κ1) is 23.1. The van der Waals surface area contributed by atoms with Crippen LogP contribution in [0.5, 0.6) is 5.75 Å². The molecule has 178 valence electrons. The minimum Gasteiger partial charge on any atom is -0.489 e. The molecular formula is C28H25ClN2O4. The van der Waals surface area contributed by atoms with Crippen molar-refractivity contribution in [1.82, 2.24) is 9.80 Å². The number of halogens is 1. The molecule has 4 aromatic rings. The lowest BCUT2D eigenvalue weighted by atomic mass is 9.98. The van der Waals surface area contributed by atoms with Crippen LogP contribution in [0.3, 0.4) is 0 Å². The molecule has 6 nitrogen and oxygen atoms in total. The van der Waals surface area contributed by atoms with E-state index in [9.17, 15) is 9.59 Å². The van der Waals surface area contributed by atoms with Crippen molar-refractivity contribution in [2.24, 2.45) is 0 Å². The number of amides is 1. The van der Waals surface area contributed by atoms with Gasteiger partial charge in [0.15, 0.2) is 5.43 Å². The van der Waals surface area contributed by atoms with Crippen LogP contribution in [-0.4, -0.2) is 42.9 Å². The molecule has 1 aliphatic rings. The van der Waals surface area contributed by atoms with Crippen LogP contribution in [0.4, 0.5) is 0 Å². The summed E-state index contributed by atoms with van der Waals surface area (Å²) < 4.78 is 12.0. The summed E-state index contributed by atoms with van der Waals surface area (Å²) in [6.45, 7) is 1.49. The van der Waals surface area contributed by atoms with Crippen molar-refractivity contribution in [2.75, 3.05) is 27.2 Å². The molecule has 1 amide bonds. The second-order valence-corrected chi connectivity index (χ2v) is 9.30. The highest BCUT2D eigenvalue weighted by molar-refractivity contribution is 6.31. The Hall–Kier alpha value is -3.61. The van der Waals surface area contributed by atoms with Gasteiger partial charge in [0.25, 0.3) is 5.91 Å². The van der Waals surface area contributed by atoms with Crippen LogP contribution in [0.2, 0.25) is 5.02 Å². The van der Waals surface area contributed by atoms with Crippen molar-refractivity contribution in [1.29, 1.82) is 0 Å². The maximum absolute atomic E-state index is 13.6. The number of ether oxygens (including phenoxy) is 1. The second kappa shape index (κ2) is 9.56. The lowest BCUT2D eigenvalue weighted by Crippen LogP contribution is -2.35. The van der Waals surface area contributed by atoms with Gasteiger partial charge in [0.2, 0.25) is 5.76 Å². The quantitative estimate of drug-likeness (QED) is 0.361. The number of benzene rings is 3. The van der Waals surface area contributed by atoms with Crippen LogP contribution in [0.15, 0.2) is 82.0 Å². The third kappa shape index (κ3) is 4.55. The van der Waals surface area contributed by atoms with Crippen LogP contribution < -0.4 is 10.2 Å². The lowest BCUT2D eigenvalue weighted by Gasteiger charge is -2.26. The van der Waals surface area contributed by atoms with Gasteiger partial charge in [-0.3, -0.25) is 9.59 Å². The van der Waals surface area contributed by atoms with E-state index in [-0.39, 0.29) is 17.1 Å². The highest BCUT2D eigenvalue weighted by Gasteiger charge is 2.42. The average molecular weight is 489 g/mol. The van der Waals surface area contributed by atoms with E-state index in [1.54, 1.807) is 23.1 Å². The van der Waals surface area contributed by atoms with Crippen LogP contribution in [0.1, 0.15) is 33.3 Å². The molecule has 0 saturated heterocycles. The molecule has 0 saturated carbocycles. The second-order valence-electron chi connectivity index (χ2n) is 8.87. The Morgan fingerprint density at radius 3 is 2.57 bits per heavy atom. The Bertz CT molecular complexity index is 1450. The third-order valence-electron chi connectivity index (χ3n) is 6.14. The topological polar surface area (TPSA) is 63.0 Å². The molecule has 0 aliphatic carbocycles. The Kier molecular flexibility index (Phi) is 6.32. The number of carbonyl (C=O) groups is 1. The summed E-state index contributed by atoms with van der Waals surface area (Å²) in [7, 11) is 3.89. The molecule has 1 aromatic heterocycles. The molecule has 0 spiro atoms. The number of likely N-dealkylation sites (N-methyl/N-ethyl adjacent to an activating group) is 1. The van der Waals surface area contributed by atoms with E-state index in [2.05, 4.69) is 0 Å². The molecule has 0 bridgehead atoms. The fourth-order valence-corrected chi connectivity index (χ4v) is 4.56. The smallest absolute Gasteiger partial charge is 0.290 e. The summed E-state index contributed by atoms with van der Waals surface area (Å²) in [4.78, 5) is 30.8. The first-order chi connectivity index (χ1) is 16.9. The van der Waals surface area contributed by atoms with Crippen molar-refractivity contribution in [3.8, 4) is 5.75 Å². The van der Waals surface area contributed by atoms with Gasteiger partial charge < -0.3 is 19.0 Å². The minimum absolute atomic E-state index is 0.0872. The summed E-state index contributed by atoms with van der Waals surface area (Å²) in [5.41, 5.74) is 2.28. The van der Waals surface area contributed by atoms with Gasteiger partial charge >= 0.3 is 0 Å². The molecule has 2 heterocycles. The summed E-state index contributed by atoms with van der Waals surface area (Å²) >= 11 is 6.16. The van der Waals surface area contributed by atoms with Gasteiger partial charge in [-0.1, -0.05) is 54.1 Å². The number of carbonyl (C=O) groups excluding carboxylic acids is 1. The lowest BCUT2D eigenvalue weighted by molar-refractivity contribution is 0.0716. The Morgan fingerprint density at radius 2 is 1.80 bits per heavy atom. The molecule has 35 heavy (non-hydrogen) atoms. The monoisotopic (exact) mass is 488 g/mol. The van der Waals surface area contributed by atoms with Gasteiger partial charge in [-0.15, -0.1) is 0 Å². The Balaban J connectivity index is 1.58. The van der Waals surface area contributed by atoms with E-state index in [4.69, 9.17) is 20.8 Å². The third-order valence-corrected chi connectivity index (χ3v) is 6.37. The van der Waals surface area contributed by atoms with Gasteiger partial charge in [-0.05, 0) is 55.6 Å². The van der Waals surface area contributed by atoms with E-state index < -0.39 is 6.04 Å². The Morgan fingerprint density at radius 1 is 1.00 bits per heavy atom. The van der Waals surface area contributed by atoms with Crippen molar-refractivity contribution in [2.45, 2.75) is 12.6 Å². The van der Waals surface area contributed by atoms with Crippen molar-refractivity contribution < 1.29 is 13.9 Å². The van der Waals surface area contributed by atoms with E-state index in [1.807, 2.05) is 73.6 Å². The number of nitrogens with zero attached hydrogens (tertiary/aromatic N) is 2. The zero-order valence-corrected chi connectivity index (χ0v) is 20.3. The summed E-state index contributed by atoms with van der Waals surface area (Å²) in [5, 5.41) is 0.798. The number of fused-ring (bicyclic) bond motifs is 2. The van der Waals surface area contributed by atoms with Gasteiger partial charge in [0.05, 0.1) is 17.0 Å². The molecule has 5 rings (SSSR count). The van der Waals surface area contributed by atoms with E-state index >= 15 is 0 Å². The van der Waals surface area contributed by atoms with Crippen molar-refractivity contribution in [3.05, 3.63) is 110 Å². The molecular weight excluding hydrogens is 464 g/mol. The molecule has 0 fully saturated rings. The number of rotatable bonds is 7. The molecule has 7 heteroatoms. The van der Waals surface area contributed by atoms with E-state index in [0.717, 1.165) is 11.1 Å². The SMILES string of the molecule is CN(C)CCN1C(=O)c2oc3ccc(Cl)cc3c(=O)c2C1c1cccc(OCc2ccccc2)c1. The first-order valence-corrected chi connectivity index (χ1v) is 11.8. The molecule has 1 aliphatic heterocycles. The standard InChI is InChI=1S/C28H25ClN2O4/c1-30(2)13-14-31-25(19-9-6-10-21(15-19)34-17-18-7-4-3-5-8-18)24-26(32)22-16-20(29)11-12-23(22)35-27(24)28(31)33/h3-12,15-16,25H,13-14,17H2,1-2H3. The van der Waals surface area contributed by atoms with Crippen LogP contribution in [0.25, 0.3) is 11.0 Å². The minimum atomic E-state index is -0.586. The van der Waals surface area contributed by atoms with Gasteiger partial charge in [-0.2, -0.15) is 0 Å². The number of hydrogen-bond acceptors (Lipinski definition) is 5. The van der Waals surface area contributed by atoms with Gasteiger partial charge in [0, 0.05) is 18.1 Å². The largest absolute Gasteiger partial charge is 0.489 e. The van der Waals surface area contributed by atoms with Crippen LogP contribution in [0, 0.1) is 0 Å². The normalized spacial score (nSPS) is 15.1. The highest BCUT2D eigenvalue weighted by Crippen LogP contribution is 2.39. The zero-order chi connectivity index (χ0) is 24.5. The maximum Gasteiger partial charge on any atom is 0.290 e. The summed E-state index contributed by atoms with van der Waals surface area (Å²) in [5.74, 6) is 0.452. The van der Waals surface area contributed by atoms with Crippen molar-refractivity contribution >= 4 is 28.5 Å². The van der Waals surface area contributed by atoms with Crippen molar-refractivity contribution in [3.63, 3.8) is 0 Å². The maximum atomic E-state index is 13.6. The molecule has 3 aromatic carbocycles. The molecule has 0 radical (unpaired) electrons. The van der Waals surface area contributed by atoms with Gasteiger partial charge in [0.1, 0.15) is 17.9 Å². The predicted octanol–water partition coefficient (Wildman–Crippen LogP) is 5.13. The predicted molar refractivity (Wildman–Crippen MR) is 136 cm³/mol. The first-order valence-electron chi connectivity index (χ1n) is 11.4. The highest BCUT2D eigenvalue weighted by atomic mass is 35.5. The molecule has 0 N–H and O–H groups in total.